The highest BCUT2D eigenvalue weighted by Gasteiger charge is 2.47. The van der Waals surface area contributed by atoms with Crippen molar-refractivity contribution in [1.82, 2.24) is 58.6 Å². The SMILES string of the molecule is Nc1ncnc2c1ncn2C1OC(COP(O)(O)=S)CC1OP(O)(=S)OCC1CC(OP(O)(=S)OCC2OC(n3cnc4c(N)ncnc43)C(O)C2O)C(n2cnc3c(N)ncnc32)O1. The molecule has 3 aliphatic rings. The molecule has 6 aromatic heterocycles. The Morgan fingerprint density at radius 3 is 1.38 bits per heavy atom. The summed E-state index contributed by atoms with van der Waals surface area (Å²) >= 11 is 15.5. The van der Waals surface area contributed by atoms with Crippen LogP contribution in [0.4, 0.5) is 17.5 Å². The zero-order valence-corrected chi connectivity index (χ0v) is 38.0. The third kappa shape index (κ3) is 9.76. The standard InChI is InChI=1S/C30H38N15O14P3S3/c31-22-17-25(37-6-34-22)43(9-40-17)28-14(1-12(55-28)3-52-60(48,49)63)58-61(50,64)53-4-13-2-15(29(56-13)44-10-41-18-23(32)35-7-38-26(18)44)59-62(51,65)54-5-16-20(46)21(47)30(57-16)45-11-42-19-24(33)36-8-39-27(19)45/h6-16,20-21,28-30,46-47H,1-5H2,(H,50,64)(H,51,65)(H2,31,34,37)(H2,32,35,38)(H2,33,36,39)(H2,48,49,63). The summed E-state index contributed by atoms with van der Waals surface area (Å²) in [7, 11) is 0. The highest BCUT2D eigenvalue weighted by atomic mass is 32.5. The fourth-order valence-electron chi connectivity index (χ4n) is 7.52. The van der Waals surface area contributed by atoms with Crippen molar-refractivity contribution in [2.45, 2.75) is 74.3 Å². The van der Waals surface area contributed by atoms with Crippen LogP contribution in [0.5, 0.6) is 0 Å². The lowest BCUT2D eigenvalue weighted by molar-refractivity contribution is -0.0584. The number of rotatable bonds is 16. The second-order valence-electron chi connectivity index (χ2n) is 14.7. The molecule has 6 aromatic rings. The fraction of sp³-hybridized carbons (Fsp3) is 0.500. The van der Waals surface area contributed by atoms with E-state index in [0.29, 0.717) is 0 Å². The van der Waals surface area contributed by atoms with Crippen molar-refractivity contribution >= 4 is 107 Å². The quantitative estimate of drug-likeness (QED) is 0.0520. The highest BCUT2D eigenvalue weighted by Crippen LogP contribution is 2.53. The monoisotopic (exact) mass is 1020 g/mol. The Kier molecular flexibility index (Phi) is 13.0. The zero-order valence-electron chi connectivity index (χ0n) is 32.9. The summed E-state index contributed by atoms with van der Waals surface area (Å²) in [6.45, 7) is -13.7. The largest absolute Gasteiger partial charge is 0.387 e. The minimum Gasteiger partial charge on any atom is -0.387 e. The predicted molar refractivity (Wildman–Crippen MR) is 232 cm³/mol. The Bertz CT molecular complexity index is 2880. The molecule has 65 heavy (non-hydrogen) atoms. The Morgan fingerprint density at radius 2 is 0.954 bits per heavy atom. The van der Waals surface area contributed by atoms with Crippen molar-refractivity contribution in [3.8, 4) is 0 Å². The number of nitrogens with zero attached hydrogens (tertiary/aromatic N) is 12. The predicted octanol–water partition coefficient (Wildman–Crippen LogP) is -1.09. The fourth-order valence-corrected chi connectivity index (χ4v) is 11.0. The molecule has 0 bridgehead atoms. The van der Waals surface area contributed by atoms with Crippen molar-refractivity contribution in [3.63, 3.8) is 0 Å². The number of hydrogen-bond acceptors (Lipinski definition) is 25. The molecule has 350 valence electrons. The summed E-state index contributed by atoms with van der Waals surface area (Å²) in [6.07, 6.45) is -3.74. The molecule has 0 amide bonds. The van der Waals surface area contributed by atoms with Crippen molar-refractivity contribution < 1.29 is 66.6 Å². The van der Waals surface area contributed by atoms with E-state index in [1.54, 1.807) is 0 Å². The van der Waals surface area contributed by atoms with Gasteiger partial charge in [-0.3, -0.25) is 13.7 Å². The molecular formula is C30H38N15O14P3S3. The van der Waals surface area contributed by atoms with E-state index < -0.39 is 88.2 Å². The molecule has 12 unspecified atom stereocenters. The van der Waals surface area contributed by atoms with Gasteiger partial charge in [0, 0.05) is 12.8 Å². The Morgan fingerprint density at radius 1 is 0.554 bits per heavy atom. The number of aliphatic hydroxyl groups excluding tert-OH is 2. The van der Waals surface area contributed by atoms with E-state index in [1.165, 1.54) is 51.7 Å². The van der Waals surface area contributed by atoms with Gasteiger partial charge in [-0.05, 0) is 35.4 Å². The van der Waals surface area contributed by atoms with Gasteiger partial charge in [-0.15, -0.1) is 0 Å². The minimum atomic E-state index is -4.23. The summed E-state index contributed by atoms with van der Waals surface area (Å²) in [5.74, 6) is 0.274. The number of anilines is 3. The van der Waals surface area contributed by atoms with Crippen molar-refractivity contribution in [1.29, 1.82) is 0 Å². The zero-order chi connectivity index (χ0) is 46.0. The number of ether oxygens (including phenoxy) is 3. The first kappa shape index (κ1) is 46.5. The summed E-state index contributed by atoms with van der Waals surface area (Å²) in [4.78, 5) is 79.4. The van der Waals surface area contributed by atoms with Gasteiger partial charge < -0.3 is 83.8 Å². The number of aliphatic hydroxyl groups is 2. The van der Waals surface area contributed by atoms with Gasteiger partial charge in [0.2, 0.25) is 0 Å². The van der Waals surface area contributed by atoms with Crippen LogP contribution in [0.3, 0.4) is 0 Å². The number of aromatic nitrogens is 12. The molecule has 0 aromatic carbocycles. The molecular weight excluding hydrogens is 984 g/mol. The Hall–Kier alpha value is -3.56. The van der Waals surface area contributed by atoms with Crippen LogP contribution in [-0.4, -0.2) is 151 Å². The van der Waals surface area contributed by atoms with Crippen LogP contribution < -0.4 is 17.2 Å². The number of nitrogen functional groups attached to an aromatic ring is 3. The van der Waals surface area contributed by atoms with E-state index in [0.717, 1.165) is 0 Å². The Labute approximate surface area is 379 Å². The number of hydrogen-bond donors (Lipinski definition) is 9. The lowest BCUT2D eigenvalue weighted by Crippen LogP contribution is -2.33. The van der Waals surface area contributed by atoms with Gasteiger partial charge in [-0.1, -0.05) is 0 Å². The summed E-state index contributed by atoms with van der Waals surface area (Å²) in [5.41, 5.74) is 19.4. The highest BCUT2D eigenvalue weighted by molar-refractivity contribution is 8.07. The van der Waals surface area contributed by atoms with Crippen LogP contribution in [0.1, 0.15) is 31.5 Å². The van der Waals surface area contributed by atoms with E-state index in [4.69, 9.17) is 77.6 Å². The average molecular weight is 1020 g/mol. The van der Waals surface area contributed by atoms with Crippen molar-refractivity contribution in [2.24, 2.45) is 0 Å². The molecule has 9 heterocycles. The second kappa shape index (κ2) is 18.2. The molecule has 0 radical (unpaired) electrons. The number of imidazole rings is 3. The maximum absolute atomic E-state index is 11.4. The van der Waals surface area contributed by atoms with Crippen LogP contribution >= 0.6 is 20.2 Å². The van der Waals surface area contributed by atoms with Gasteiger partial charge in [0.05, 0.1) is 51.0 Å². The number of nitrogens with two attached hydrogens (primary N) is 3. The molecule has 0 aliphatic carbocycles. The summed E-state index contributed by atoms with van der Waals surface area (Å²) in [5, 5.41) is 21.8. The van der Waals surface area contributed by atoms with Crippen LogP contribution in [-0.2, 0) is 72.2 Å². The third-order valence-electron chi connectivity index (χ3n) is 10.4. The van der Waals surface area contributed by atoms with Gasteiger partial charge in [-0.25, -0.2) is 44.9 Å². The van der Waals surface area contributed by atoms with E-state index in [9.17, 15) is 29.8 Å². The van der Waals surface area contributed by atoms with Crippen molar-refractivity contribution in [3.05, 3.63) is 38.0 Å². The molecule has 35 heteroatoms. The summed E-state index contributed by atoms with van der Waals surface area (Å²) in [6, 6.07) is 0. The molecule has 3 saturated heterocycles. The van der Waals surface area contributed by atoms with Gasteiger partial charge >= 0.3 is 20.2 Å². The first-order valence-electron chi connectivity index (χ1n) is 19.0. The topological polar surface area (TPSA) is 404 Å². The van der Waals surface area contributed by atoms with Gasteiger partial charge in [0.15, 0.2) is 53.1 Å². The average Bonchev–Trinajstić information content (AvgIpc) is 4.11. The van der Waals surface area contributed by atoms with E-state index in [-0.39, 0.29) is 77.0 Å². The van der Waals surface area contributed by atoms with Gasteiger partial charge in [0.1, 0.15) is 66.1 Å². The maximum Gasteiger partial charge on any atom is 0.325 e. The first-order valence-corrected chi connectivity index (χ1v) is 26.8. The Balaban J connectivity index is 0.891. The molecule has 12 atom stereocenters. The van der Waals surface area contributed by atoms with Gasteiger partial charge in [0.25, 0.3) is 0 Å². The molecule has 9 rings (SSSR count). The summed E-state index contributed by atoms with van der Waals surface area (Å²) < 4.78 is 51.3. The van der Waals surface area contributed by atoms with E-state index in [1.807, 2.05) is 0 Å². The van der Waals surface area contributed by atoms with Crippen LogP contribution in [0, 0.1) is 0 Å². The normalized spacial score (nSPS) is 29.3. The number of fused-ring (bicyclic) bond motifs is 3. The van der Waals surface area contributed by atoms with E-state index in [2.05, 4.69) is 56.7 Å². The first-order chi connectivity index (χ1) is 30.8. The second-order valence-corrected chi connectivity index (χ2v) is 22.9. The molecule has 12 N–H and O–H groups in total. The molecule has 3 fully saturated rings. The van der Waals surface area contributed by atoms with E-state index >= 15 is 0 Å². The van der Waals surface area contributed by atoms with Crippen LogP contribution in [0.25, 0.3) is 33.5 Å². The van der Waals surface area contributed by atoms with Crippen molar-refractivity contribution in [2.75, 3.05) is 37.0 Å². The minimum absolute atomic E-state index is 0.00728. The smallest absolute Gasteiger partial charge is 0.325 e. The molecule has 0 saturated carbocycles. The molecule has 29 nitrogen and oxygen atoms in total. The lowest BCUT2D eigenvalue weighted by Gasteiger charge is -2.25. The lowest BCUT2D eigenvalue weighted by atomic mass is 10.1. The van der Waals surface area contributed by atoms with Crippen LogP contribution in [0.15, 0.2) is 38.0 Å². The third-order valence-corrected chi connectivity index (χ3v) is 14.4. The maximum atomic E-state index is 11.4. The van der Waals surface area contributed by atoms with Gasteiger partial charge in [-0.2, -0.15) is 0 Å². The van der Waals surface area contributed by atoms with Crippen LogP contribution in [0.2, 0.25) is 0 Å². The molecule has 0 spiro atoms. The molecule has 3 aliphatic heterocycles.